The summed E-state index contributed by atoms with van der Waals surface area (Å²) >= 11 is 0. The summed E-state index contributed by atoms with van der Waals surface area (Å²) in [4.78, 5) is 46.7. The lowest BCUT2D eigenvalue weighted by Crippen LogP contribution is -2.59. The molecule has 0 aromatic heterocycles. The van der Waals surface area contributed by atoms with Crippen molar-refractivity contribution in [2.45, 2.75) is 141 Å². The molecule has 51 heavy (non-hydrogen) atoms. The monoisotopic (exact) mass is 704 g/mol. The first kappa shape index (κ1) is 36.5. The summed E-state index contributed by atoms with van der Waals surface area (Å²) in [5.41, 5.74) is 1.09. The highest BCUT2D eigenvalue weighted by Crippen LogP contribution is 2.61. The van der Waals surface area contributed by atoms with Crippen LogP contribution in [0.15, 0.2) is 36.5 Å². The van der Waals surface area contributed by atoms with E-state index in [2.05, 4.69) is 33.6 Å². The zero-order chi connectivity index (χ0) is 36.6. The molecule has 11 aliphatic rings. The van der Waals surface area contributed by atoms with E-state index in [0.717, 1.165) is 42.9 Å². The highest BCUT2D eigenvalue weighted by Gasteiger charge is 2.63. The topological polar surface area (TPSA) is 105 Å². The average Bonchev–Trinajstić information content (AvgIpc) is 3.71. The molecule has 0 radical (unpaired) electrons. The molecule has 1 aliphatic heterocycles. The standard InChI is InChI=1S/C16H24O2.C15H22O2.C12H14O4/c1-4-16(18-15(17)10(2)3)13-6-11-5-12(8-13)9-14(16)7-11;1-9(2)14(16)17-15(3)12-5-10-4-11(7-12)8-13(15)6-10;1-5(2)11(13)15-9-6-3-7-8(4-6)12(14)16-10(7)9/h11-14H,2,4-9H2,1,3H3;10-13H,1,4-8H2,2-3H3;6-10H,1,3-4H2,2H3. The second-order valence-electron chi connectivity index (χ2n) is 18.5. The SMILES string of the molecule is C=C(C)C(=O)OC1(C)C2CC3CC(C2)CC1C3.C=C(C)C(=O)OC1(CC)C2CC3CC(C2)CC1C3.C=C(C)C(=O)OC1C2CC3C(=O)OC1C3C2. The number of hydrogen-bond donors (Lipinski definition) is 0. The van der Waals surface area contributed by atoms with Gasteiger partial charge in [-0.2, -0.15) is 0 Å². The molecule has 1 saturated heterocycles. The lowest BCUT2D eigenvalue weighted by atomic mass is 9.49. The first-order valence-corrected chi connectivity index (χ1v) is 20.0. The third kappa shape index (κ3) is 6.43. The predicted octanol–water partition coefficient (Wildman–Crippen LogP) is 8.09. The van der Waals surface area contributed by atoms with Crippen LogP contribution in [-0.4, -0.2) is 47.3 Å². The fraction of sp³-hybridized carbons (Fsp3) is 0.767. The maximum atomic E-state index is 12.0. The second kappa shape index (κ2) is 13.5. The number of carbonyl (C=O) groups is 4. The van der Waals surface area contributed by atoms with E-state index in [1.165, 1.54) is 64.2 Å². The molecular weight excluding hydrogens is 644 g/mol. The Hall–Kier alpha value is -2.90. The van der Waals surface area contributed by atoms with E-state index in [-0.39, 0.29) is 59.1 Å². The lowest BCUT2D eigenvalue weighted by molar-refractivity contribution is -0.207. The average molecular weight is 705 g/mol. The Morgan fingerprint density at radius 2 is 1.12 bits per heavy atom. The van der Waals surface area contributed by atoms with Crippen LogP contribution in [-0.2, 0) is 38.1 Å². The Kier molecular flexibility index (Phi) is 9.65. The zero-order valence-corrected chi connectivity index (χ0v) is 31.6. The Morgan fingerprint density at radius 1 is 0.667 bits per heavy atom. The van der Waals surface area contributed by atoms with Crippen LogP contribution in [0.1, 0.15) is 118 Å². The molecule has 5 unspecified atom stereocenters. The van der Waals surface area contributed by atoms with Gasteiger partial charge in [-0.05, 0) is 159 Å². The molecule has 1 heterocycles. The highest BCUT2D eigenvalue weighted by atomic mass is 16.6. The molecule has 0 spiro atoms. The van der Waals surface area contributed by atoms with Crippen molar-refractivity contribution < 1.29 is 38.1 Å². The Morgan fingerprint density at radius 3 is 1.57 bits per heavy atom. The molecular formula is C43H60O8. The van der Waals surface area contributed by atoms with Crippen molar-refractivity contribution >= 4 is 23.9 Å². The molecule has 10 bridgehead atoms. The molecule has 10 saturated carbocycles. The Bertz CT molecular complexity index is 1430. The van der Waals surface area contributed by atoms with Crippen molar-refractivity contribution in [3.63, 3.8) is 0 Å². The van der Waals surface area contributed by atoms with Gasteiger partial charge < -0.3 is 18.9 Å². The van der Waals surface area contributed by atoms with Gasteiger partial charge in [-0.3, -0.25) is 4.79 Å². The van der Waals surface area contributed by atoms with E-state index >= 15 is 0 Å². The van der Waals surface area contributed by atoms with Crippen LogP contribution in [0.25, 0.3) is 0 Å². The van der Waals surface area contributed by atoms with Crippen molar-refractivity contribution in [3.05, 3.63) is 36.5 Å². The minimum Gasteiger partial charge on any atom is -0.458 e. The number of ether oxygens (including phenoxy) is 4. The van der Waals surface area contributed by atoms with Gasteiger partial charge in [-0.25, -0.2) is 14.4 Å². The summed E-state index contributed by atoms with van der Waals surface area (Å²) in [5, 5.41) is 0. The Labute approximate surface area is 304 Å². The van der Waals surface area contributed by atoms with Gasteiger partial charge in [0.05, 0.1) is 5.92 Å². The molecule has 8 heteroatoms. The van der Waals surface area contributed by atoms with Gasteiger partial charge in [0.1, 0.15) is 23.4 Å². The molecule has 10 aliphatic carbocycles. The van der Waals surface area contributed by atoms with Crippen molar-refractivity contribution in [2.24, 2.45) is 65.1 Å². The third-order valence-corrected chi connectivity index (χ3v) is 15.1. The minimum absolute atomic E-state index is 0.0646. The molecule has 0 amide bonds. The summed E-state index contributed by atoms with van der Waals surface area (Å²) in [6.07, 6.45) is 15.4. The van der Waals surface area contributed by atoms with Crippen LogP contribution >= 0.6 is 0 Å². The van der Waals surface area contributed by atoms with Gasteiger partial charge in [-0.1, -0.05) is 26.7 Å². The second-order valence-corrected chi connectivity index (χ2v) is 18.5. The van der Waals surface area contributed by atoms with Crippen molar-refractivity contribution in [1.29, 1.82) is 0 Å². The fourth-order valence-corrected chi connectivity index (χ4v) is 12.9. The zero-order valence-electron chi connectivity index (χ0n) is 31.6. The molecule has 11 fully saturated rings. The number of esters is 4. The maximum Gasteiger partial charge on any atom is 0.333 e. The van der Waals surface area contributed by atoms with Crippen LogP contribution in [0, 0.1) is 65.1 Å². The van der Waals surface area contributed by atoms with Gasteiger partial charge in [0.25, 0.3) is 0 Å². The van der Waals surface area contributed by atoms with Gasteiger partial charge in [0.15, 0.2) is 0 Å². The number of hydrogen-bond acceptors (Lipinski definition) is 8. The smallest absolute Gasteiger partial charge is 0.333 e. The van der Waals surface area contributed by atoms with Gasteiger partial charge in [-0.15, -0.1) is 0 Å². The van der Waals surface area contributed by atoms with Crippen LogP contribution < -0.4 is 0 Å². The van der Waals surface area contributed by atoms with Crippen molar-refractivity contribution in [1.82, 2.24) is 0 Å². The number of rotatable bonds is 7. The van der Waals surface area contributed by atoms with Crippen LogP contribution in [0.2, 0.25) is 0 Å². The maximum absolute atomic E-state index is 12.0. The summed E-state index contributed by atoms with van der Waals surface area (Å²) in [7, 11) is 0. The third-order valence-electron chi connectivity index (χ3n) is 15.1. The van der Waals surface area contributed by atoms with E-state index < -0.39 is 0 Å². The van der Waals surface area contributed by atoms with E-state index in [1.54, 1.807) is 20.8 Å². The molecule has 0 N–H and O–H groups in total. The van der Waals surface area contributed by atoms with Gasteiger partial charge in [0, 0.05) is 28.6 Å². The van der Waals surface area contributed by atoms with E-state index in [1.807, 2.05) is 0 Å². The first-order valence-electron chi connectivity index (χ1n) is 20.0. The number of carbonyl (C=O) groups excluding carboxylic acids is 4. The van der Waals surface area contributed by atoms with E-state index in [4.69, 9.17) is 18.9 Å². The quantitative estimate of drug-likeness (QED) is 0.149. The highest BCUT2D eigenvalue weighted by molar-refractivity contribution is 5.88. The van der Waals surface area contributed by atoms with Gasteiger partial charge in [0.2, 0.25) is 0 Å². The summed E-state index contributed by atoms with van der Waals surface area (Å²) < 4.78 is 22.5. The lowest BCUT2D eigenvalue weighted by Gasteiger charge is -2.60. The molecule has 280 valence electrons. The minimum atomic E-state index is -0.378. The first-order chi connectivity index (χ1) is 24.1. The summed E-state index contributed by atoms with van der Waals surface area (Å²) in [6.45, 7) is 20.4. The van der Waals surface area contributed by atoms with Crippen molar-refractivity contribution in [2.75, 3.05) is 0 Å². The normalized spacial score (nSPS) is 45.1. The predicted molar refractivity (Wildman–Crippen MR) is 192 cm³/mol. The van der Waals surface area contributed by atoms with Gasteiger partial charge >= 0.3 is 23.9 Å². The van der Waals surface area contributed by atoms with Crippen LogP contribution in [0.5, 0.6) is 0 Å². The van der Waals surface area contributed by atoms with Crippen molar-refractivity contribution in [3.8, 4) is 0 Å². The number of fused-ring (bicyclic) bond motifs is 1. The van der Waals surface area contributed by atoms with E-state index in [9.17, 15) is 19.2 Å². The Balaban J connectivity index is 0.000000120. The van der Waals surface area contributed by atoms with E-state index in [0.29, 0.717) is 46.3 Å². The molecule has 0 aromatic rings. The fourth-order valence-electron chi connectivity index (χ4n) is 12.9. The molecule has 8 nitrogen and oxygen atoms in total. The summed E-state index contributed by atoms with van der Waals surface area (Å²) in [6, 6.07) is 0. The van der Waals surface area contributed by atoms with Crippen LogP contribution in [0.3, 0.4) is 0 Å². The molecule has 5 atom stereocenters. The molecule has 0 aromatic carbocycles. The molecule has 11 rings (SSSR count). The van der Waals surface area contributed by atoms with Crippen LogP contribution in [0.4, 0.5) is 0 Å². The largest absolute Gasteiger partial charge is 0.458 e. The summed E-state index contributed by atoms with van der Waals surface area (Å²) in [5.74, 6) is 5.86.